The van der Waals surface area contributed by atoms with Crippen LogP contribution in [0.3, 0.4) is 0 Å². The first-order valence-electron chi connectivity index (χ1n) is 6.04. The Labute approximate surface area is 107 Å². The van der Waals surface area contributed by atoms with Crippen LogP contribution in [0.1, 0.15) is 23.7 Å². The zero-order valence-electron chi connectivity index (χ0n) is 10.9. The van der Waals surface area contributed by atoms with Crippen LogP contribution in [0, 0.1) is 5.92 Å². The summed E-state index contributed by atoms with van der Waals surface area (Å²) in [5, 5.41) is 0. The number of carbonyl (C=O) groups is 1. The normalized spacial score (nSPS) is 22.8. The average Bonchev–Trinajstić information content (AvgIpc) is 2.83. The lowest BCUT2D eigenvalue weighted by Gasteiger charge is -2.14. The molecule has 0 spiro atoms. The minimum Gasteiger partial charge on any atom is -0.496 e. The maximum atomic E-state index is 12.5. The molecule has 4 nitrogen and oxygen atoms in total. The minimum absolute atomic E-state index is 0.0358. The van der Waals surface area contributed by atoms with Gasteiger partial charge in [0.05, 0.1) is 26.9 Å². The van der Waals surface area contributed by atoms with E-state index in [1.807, 2.05) is 13.0 Å². The van der Waals surface area contributed by atoms with Crippen LogP contribution in [-0.4, -0.2) is 32.7 Å². The van der Waals surface area contributed by atoms with Gasteiger partial charge in [0.25, 0.3) is 0 Å². The highest BCUT2D eigenvalue weighted by molar-refractivity contribution is 6.03. The van der Waals surface area contributed by atoms with Crippen molar-refractivity contribution >= 4 is 5.78 Å². The standard InChI is InChI=1S/C14H18O4/c1-9-7-10(8-18-9)14(15)13-11(16-2)5-4-6-12(13)17-3/h4-6,9-10H,7-8H2,1-3H3. The molecule has 0 radical (unpaired) electrons. The number of hydrogen-bond donors (Lipinski definition) is 0. The molecular weight excluding hydrogens is 232 g/mol. The Bertz CT molecular complexity index is 419. The molecule has 2 unspecified atom stereocenters. The van der Waals surface area contributed by atoms with Crippen molar-refractivity contribution in [2.45, 2.75) is 19.4 Å². The molecule has 2 rings (SSSR count). The summed E-state index contributed by atoms with van der Waals surface area (Å²) in [5.41, 5.74) is 0.519. The highest BCUT2D eigenvalue weighted by Crippen LogP contribution is 2.33. The fourth-order valence-electron chi connectivity index (χ4n) is 2.30. The second-order valence-electron chi connectivity index (χ2n) is 4.48. The molecule has 0 aromatic heterocycles. The summed E-state index contributed by atoms with van der Waals surface area (Å²) in [6.07, 6.45) is 0.889. The smallest absolute Gasteiger partial charge is 0.175 e. The van der Waals surface area contributed by atoms with Crippen molar-refractivity contribution in [2.75, 3.05) is 20.8 Å². The molecule has 1 saturated heterocycles. The van der Waals surface area contributed by atoms with E-state index in [2.05, 4.69) is 0 Å². The van der Waals surface area contributed by atoms with Crippen LogP contribution in [0.4, 0.5) is 0 Å². The Morgan fingerprint density at radius 2 is 1.89 bits per heavy atom. The van der Waals surface area contributed by atoms with E-state index in [-0.39, 0.29) is 17.8 Å². The van der Waals surface area contributed by atoms with Gasteiger partial charge in [-0.25, -0.2) is 0 Å². The Hall–Kier alpha value is -1.55. The van der Waals surface area contributed by atoms with E-state index in [1.54, 1.807) is 26.4 Å². The fourth-order valence-corrected chi connectivity index (χ4v) is 2.30. The van der Waals surface area contributed by atoms with E-state index >= 15 is 0 Å². The van der Waals surface area contributed by atoms with Gasteiger partial charge in [-0.2, -0.15) is 0 Å². The van der Waals surface area contributed by atoms with E-state index in [9.17, 15) is 4.79 Å². The molecule has 1 aromatic rings. The minimum atomic E-state index is -0.106. The van der Waals surface area contributed by atoms with Gasteiger partial charge in [-0.15, -0.1) is 0 Å². The van der Waals surface area contributed by atoms with Crippen LogP contribution >= 0.6 is 0 Å². The third-order valence-electron chi connectivity index (χ3n) is 3.24. The van der Waals surface area contributed by atoms with Gasteiger partial charge >= 0.3 is 0 Å². The third kappa shape index (κ3) is 2.34. The van der Waals surface area contributed by atoms with Gasteiger partial charge in [0.1, 0.15) is 17.1 Å². The average molecular weight is 250 g/mol. The molecule has 0 saturated carbocycles. The lowest BCUT2D eigenvalue weighted by atomic mass is 9.94. The Balaban J connectivity index is 2.34. The van der Waals surface area contributed by atoms with Gasteiger partial charge in [0.15, 0.2) is 5.78 Å². The van der Waals surface area contributed by atoms with Crippen molar-refractivity contribution in [1.82, 2.24) is 0 Å². The summed E-state index contributed by atoms with van der Waals surface area (Å²) >= 11 is 0. The lowest BCUT2D eigenvalue weighted by Crippen LogP contribution is -2.17. The second kappa shape index (κ2) is 5.40. The van der Waals surface area contributed by atoms with E-state index in [4.69, 9.17) is 14.2 Å². The fraction of sp³-hybridized carbons (Fsp3) is 0.500. The van der Waals surface area contributed by atoms with Crippen LogP contribution in [0.25, 0.3) is 0 Å². The van der Waals surface area contributed by atoms with Gasteiger partial charge in [-0.3, -0.25) is 4.79 Å². The Morgan fingerprint density at radius 3 is 2.33 bits per heavy atom. The quantitative estimate of drug-likeness (QED) is 0.769. The van der Waals surface area contributed by atoms with Gasteiger partial charge in [-0.1, -0.05) is 6.07 Å². The van der Waals surface area contributed by atoms with Crippen LogP contribution in [0.2, 0.25) is 0 Å². The number of benzene rings is 1. The number of rotatable bonds is 4. The number of carbonyl (C=O) groups excluding carboxylic acids is 1. The molecule has 4 heteroatoms. The Kier molecular flexibility index (Phi) is 3.87. The number of ketones is 1. The maximum absolute atomic E-state index is 12.5. The van der Waals surface area contributed by atoms with Crippen molar-refractivity contribution < 1.29 is 19.0 Å². The molecule has 0 N–H and O–H groups in total. The van der Waals surface area contributed by atoms with Gasteiger partial charge < -0.3 is 14.2 Å². The lowest BCUT2D eigenvalue weighted by molar-refractivity contribution is 0.0872. The van der Waals surface area contributed by atoms with E-state index in [1.165, 1.54) is 0 Å². The SMILES string of the molecule is COc1cccc(OC)c1C(=O)C1COC(C)C1. The van der Waals surface area contributed by atoms with Crippen molar-refractivity contribution in [2.24, 2.45) is 5.92 Å². The van der Waals surface area contributed by atoms with Gasteiger partial charge in [-0.05, 0) is 25.5 Å². The molecule has 18 heavy (non-hydrogen) atoms. The first-order valence-corrected chi connectivity index (χ1v) is 6.04. The topological polar surface area (TPSA) is 44.8 Å². The predicted octanol–water partition coefficient (Wildman–Crippen LogP) is 2.31. The summed E-state index contributed by atoms with van der Waals surface area (Å²) in [4.78, 5) is 12.5. The van der Waals surface area contributed by atoms with E-state index < -0.39 is 0 Å². The van der Waals surface area contributed by atoms with Crippen LogP contribution in [0.15, 0.2) is 18.2 Å². The first-order chi connectivity index (χ1) is 8.67. The highest BCUT2D eigenvalue weighted by atomic mass is 16.5. The number of Topliss-reactive ketones (excluding diaryl/α,β-unsaturated/α-hetero) is 1. The molecule has 1 heterocycles. The molecule has 0 aliphatic carbocycles. The van der Waals surface area contributed by atoms with E-state index in [0.717, 1.165) is 6.42 Å². The molecule has 2 atom stereocenters. The highest BCUT2D eigenvalue weighted by Gasteiger charge is 2.32. The largest absolute Gasteiger partial charge is 0.496 e. The third-order valence-corrected chi connectivity index (χ3v) is 3.24. The molecular formula is C14H18O4. The first kappa shape index (κ1) is 12.9. The van der Waals surface area contributed by atoms with Gasteiger partial charge in [0.2, 0.25) is 0 Å². The van der Waals surface area contributed by atoms with Crippen molar-refractivity contribution in [3.63, 3.8) is 0 Å². The molecule has 1 aromatic carbocycles. The summed E-state index contributed by atoms with van der Waals surface area (Å²) in [6, 6.07) is 5.35. The maximum Gasteiger partial charge on any atom is 0.175 e. The molecule has 0 bridgehead atoms. The summed E-state index contributed by atoms with van der Waals surface area (Å²) in [7, 11) is 3.11. The van der Waals surface area contributed by atoms with Crippen LogP contribution in [0.5, 0.6) is 11.5 Å². The molecule has 1 fully saturated rings. The monoisotopic (exact) mass is 250 g/mol. The van der Waals surface area contributed by atoms with Crippen LogP contribution < -0.4 is 9.47 Å². The number of hydrogen-bond acceptors (Lipinski definition) is 4. The number of ether oxygens (including phenoxy) is 3. The molecule has 1 aliphatic heterocycles. The second-order valence-corrected chi connectivity index (χ2v) is 4.48. The molecule has 1 aliphatic rings. The molecule has 98 valence electrons. The van der Waals surface area contributed by atoms with Gasteiger partial charge in [0, 0.05) is 5.92 Å². The van der Waals surface area contributed by atoms with E-state index in [0.29, 0.717) is 23.7 Å². The molecule has 0 amide bonds. The van der Waals surface area contributed by atoms with Crippen molar-refractivity contribution in [1.29, 1.82) is 0 Å². The predicted molar refractivity (Wildman–Crippen MR) is 67.4 cm³/mol. The number of methoxy groups -OCH3 is 2. The van der Waals surface area contributed by atoms with Crippen molar-refractivity contribution in [3.05, 3.63) is 23.8 Å². The Morgan fingerprint density at radius 1 is 1.28 bits per heavy atom. The zero-order chi connectivity index (χ0) is 13.1. The summed E-state index contributed by atoms with van der Waals surface area (Å²) < 4.78 is 16.0. The summed E-state index contributed by atoms with van der Waals surface area (Å²) in [6.45, 7) is 2.45. The van der Waals surface area contributed by atoms with Crippen molar-refractivity contribution in [3.8, 4) is 11.5 Å². The zero-order valence-corrected chi connectivity index (χ0v) is 10.9. The van der Waals surface area contributed by atoms with Crippen LogP contribution in [-0.2, 0) is 4.74 Å². The summed E-state index contributed by atoms with van der Waals surface area (Å²) in [5.74, 6) is 1.04.